The Labute approximate surface area is 162 Å². The average Bonchev–Trinajstić information content (AvgIpc) is 2.61. The third-order valence-corrected chi connectivity index (χ3v) is 5.08. The van der Waals surface area contributed by atoms with Crippen LogP contribution in [0.15, 0.2) is 12.2 Å². The summed E-state index contributed by atoms with van der Waals surface area (Å²) in [5, 5.41) is 0. The molecule has 0 aliphatic carbocycles. The minimum atomic E-state index is -0.606. The number of ether oxygens (including phenoxy) is 1. The van der Waals surface area contributed by atoms with Gasteiger partial charge in [-0.05, 0) is 19.3 Å². The van der Waals surface area contributed by atoms with E-state index < -0.39 is 11.9 Å². The summed E-state index contributed by atoms with van der Waals surface area (Å²) in [6.07, 6.45) is 18.3. The SMILES string of the molecule is C=C(C)C(=O)OC(=O)CCCCCCCCCCCCCCC(C)CC. The molecule has 0 saturated heterocycles. The predicted molar refractivity (Wildman–Crippen MR) is 110 cm³/mol. The van der Waals surface area contributed by atoms with Crippen molar-refractivity contribution in [3.05, 3.63) is 12.2 Å². The number of esters is 2. The standard InChI is InChI=1S/C23H42O3/c1-5-21(4)18-16-14-12-10-8-6-7-9-11-13-15-17-19-22(24)26-23(25)20(2)3/h21H,2,5-19H2,1,3-4H3. The molecule has 0 spiro atoms. The first-order valence-corrected chi connectivity index (χ1v) is 10.9. The van der Waals surface area contributed by atoms with Crippen LogP contribution in [-0.4, -0.2) is 11.9 Å². The van der Waals surface area contributed by atoms with Crippen LogP contribution in [0, 0.1) is 5.92 Å². The van der Waals surface area contributed by atoms with E-state index in [0.717, 1.165) is 25.2 Å². The number of rotatable bonds is 17. The molecule has 3 heteroatoms. The van der Waals surface area contributed by atoms with Crippen LogP contribution in [0.25, 0.3) is 0 Å². The summed E-state index contributed by atoms with van der Waals surface area (Å²) >= 11 is 0. The van der Waals surface area contributed by atoms with Gasteiger partial charge in [-0.1, -0.05) is 104 Å². The molecule has 0 aromatic carbocycles. The molecule has 0 aromatic rings. The van der Waals surface area contributed by atoms with Crippen LogP contribution in [0.4, 0.5) is 0 Å². The van der Waals surface area contributed by atoms with E-state index >= 15 is 0 Å². The Kier molecular flexibility index (Phi) is 16.6. The van der Waals surface area contributed by atoms with Crippen molar-refractivity contribution < 1.29 is 14.3 Å². The number of carbonyl (C=O) groups excluding carboxylic acids is 2. The van der Waals surface area contributed by atoms with Crippen molar-refractivity contribution in [3.63, 3.8) is 0 Å². The molecule has 0 aliphatic rings. The van der Waals surface area contributed by atoms with E-state index in [0.29, 0.717) is 6.42 Å². The van der Waals surface area contributed by atoms with E-state index in [1.54, 1.807) is 6.92 Å². The quantitative estimate of drug-likeness (QED) is 0.119. The maximum atomic E-state index is 11.4. The molecular formula is C23H42O3. The molecule has 0 radical (unpaired) electrons. The molecule has 0 aliphatic heterocycles. The van der Waals surface area contributed by atoms with Crippen molar-refractivity contribution in [1.29, 1.82) is 0 Å². The maximum Gasteiger partial charge on any atom is 0.340 e. The molecule has 0 fully saturated rings. The average molecular weight is 367 g/mol. The van der Waals surface area contributed by atoms with Gasteiger partial charge in [0.15, 0.2) is 0 Å². The van der Waals surface area contributed by atoms with Crippen LogP contribution >= 0.6 is 0 Å². The second-order valence-corrected chi connectivity index (χ2v) is 7.84. The van der Waals surface area contributed by atoms with Crippen LogP contribution in [0.2, 0.25) is 0 Å². The molecule has 0 rings (SSSR count). The Morgan fingerprint density at radius 3 is 1.65 bits per heavy atom. The second kappa shape index (κ2) is 17.3. The van der Waals surface area contributed by atoms with Gasteiger partial charge in [-0.2, -0.15) is 0 Å². The highest BCUT2D eigenvalue weighted by Gasteiger charge is 2.10. The molecule has 0 amide bonds. The summed E-state index contributed by atoms with van der Waals surface area (Å²) in [7, 11) is 0. The highest BCUT2D eigenvalue weighted by molar-refractivity contribution is 5.95. The van der Waals surface area contributed by atoms with Crippen LogP contribution in [0.3, 0.4) is 0 Å². The molecule has 1 atom stereocenters. The zero-order valence-corrected chi connectivity index (χ0v) is 17.6. The van der Waals surface area contributed by atoms with Gasteiger partial charge in [0.2, 0.25) is 0 Å². The number of hydrogen-bond acceptors (Lipinski definition) is 3. The van der Waals surface area contributed by atoms with Crippen LogP contribution in [-0.2, 0) is 14.3 Å². The van der Waals surface area contributed by atoms with E-state index in [4.69, 9.17) is 0 Å². The first-order valence-electron chi connectivity index (χ1n) is 10.9. The summed E-state index contributed by atoms with van der Waals surface area (Å²) < 4.78 is 4.66. The Morgan fingerprint density at radius 1 is 0.808 bits per heavy atom. The van der Waals surface area contributed by atoms with Crippen LogP contribution < -0.4 is 0 Å². The second-order valence-electron chi connectivity index (χ2n) is 7.84. The normalized spacial score (nSPS) is 12.0. The van der Waals surface area contributed by atoms with Gasteiger partial charge in [0.25, 0.3) is 0 Å². The first-order chi connectivity index (χ1) is 12.5. The van der Waals surface area contributed by atoms with Gasteiger partial charge in [-0.25, -0.2) is 4.79 Å². The van der Waals surface area contributed by atoms with Gasteiger partial charge in [-0.3, -0.25) is 4.79 Å². The topological polar surface area (TPSA) is 43.4 Å². The summed E-state index contributed by atoms with van der Waals surface area (Å²) in [5.41, 5.74) is 0.268. The van der Waals surface area contributed by atoms with E-state index in [1.165, 1.54) is 70.6 Å². The Morgan fingerprint density at radius 2 is 1.23 bits per heavy atom. The number of carbonyl (C=O) groups is 2. The fourth-order valence-corrected chi connectivity index (χ4v) is 2.98. The Bertz CT molecular complexity index is 387. The lowest BCUT2D eigenvalue weighted by Crippen LogP contribution is -2.12. The van der Waals surface area contributed by atoms with Crippen molar-refractivity contribution >= 4 is 11.9 Å². The fourth-order valence-electron chi connectivity index (χ4n) is 2.98. The summed E-state index contributed by atoms with van der Waals surface area (Å²) in [5.74, 6) is -0.132. The third-order valence-electron chi connectivity index (χ3n) is 5.08. The lowest BCUT2D eigenvalue weighted by Gasteiger charge is -2.07. The minimum Gasteiger partial charge on any atom is -0.390 e. The molecule has 0 N–H and O–H groups in total. The Hall–Kier alpha value is -1.12. The van der Waals surface area contributed by atoms with Crippen molar-refractivity contribution in [3.8, 4) is 0 Å². The monoisotopic (exact) mass is 366 g/mol. The van der Waals surface area contributed by atoms with Crippen molar-refractivity contribution in [2.45, 2.75) is 117 Å². The van der Waals surface area contributed by atoms with Gasteiger partial charge in [-0.15, -0.1) is 0 Å². The van der Waals surface area contributed by atoms with Gasteiger partial charge in [0, 0.05) is 12.0 Å². The van der Waals surface area contributed by atoms with Crippen molar-refractivity contribution in [2.24, 2.45) is 5.92 Å². The van der Waals surface area contributed by atoms with Gasteiger partial charge in [0.1, 0.15) is 0 Å². The lowest BCUT2D eigenvalue weighted by atomic mass is 9.99. The molecule has 0 heterocycles. The molecule has 152 valence electrons. The van der Waals surface area contributed by atoms with E-state index in [9.17, 15) is 9.59 Å². The molecule has 0 aromatic heterocycles. The van der Waals surface area contributed by atoms with Gasteiger partial charge < -0.3 is 4.74 Å². The lowest BCUT2D eigenvalue weighted by molar-refractivity contribution is -0.156. The van der Waals surface area contributed by atoms with Crippen LogP contribution in [0.5, 0.6) is 0 Å². The highest BCUT2D eigenvalue weighted by atomic mass is 16.6. The zero-order chi connectivity index (χ0) is 19.6. The van der Waals surface area contributed by atoms with Crippen LogP contribution in [0.1, 0.15) is 117 Å². The van der Waals surface area contributed by atoms with Gasteiger partial charge >= 0.3 is 11.9 Å². The summed E-state index contributed by atoms with van der Waals surface area (Å²) in [6, 6.07) is 0. The van der Waals surface area contributed by atoms with Crippen molar-refractivity contribution in [2.75, 3.05) is 0 Å². The summed E-state index contributed by atoms with van der Waals surface area (Å²) in [6.45, 7) is 9.65. The Balaban J connectivity index is 3.23. The molecule has 0 saturated carbocycles. The largest absolute Gasteiger partial charge is 0.390 e. The predicted octanol–water partition coefficient (Wildman–Crippen LogP) is 7.14. The third kappa shape index (κ3) is 16.4. The highest BCUT2D eigenvalue weighted by Crippen LogP contribution is 2.15. The smallest absolute Gasteiger partial charge is 0.340 e. The zero-order valence-electron chi connectivity index (χ0n) is 17.6. The molecule has 1 unspecified atom stereocenters. The fraction of sp³-hybridized carbons (Fsp3) is 0.826. The van der Waals surface area contributed by atoms with E-state index in [1.807, 2.05) is 0 Å². The van der Waals surface area contributed by atoms with E-state index in [2.05, 4.69) is 25.2 Å². The number of unbranched alkanes of at least 4 members (excludes halogenated alkanes) is 11. The first kappa shape index (κ1) is 24.9. The maximum absolute atomic E-state index is 11.4. The molecule has 3 nitrogen and oxygen atoms in total. The van der Waals surface area contributed by atoms with Gasteiger partial charge in [0.05, 0.1) is 0 Å². The summed E-state index contributed by atoms with van der Waals surface area (Å²) in [4.78, 5) is 22.6. The minimum absolute atomic E-state index is 0.268. The molecule has 0 bridgehead atoms. The molecule has 26 heavy (non-hydrogen) atoms. The number of hydrogen-bond donors (Lipinski definition) is 0. The van der Waals surface area contributed by atoms with E-state index in [-0.39, 0.29) is 5.57 Å². The molecular weight excluding hydrogens is 324 g/mol. The van der Waals surface area contributed by atoms with Crippen molar-refractivity contribution in [1.82, 2.24) is 0 Å².